The molecule has 0 aliphatic heterocycles. The highest BCUT2D eigenvalue weighted by molar-refractivity contribution is 5.50. The molecule has 0 unspecified atom stereocenters. The van der Waals surface area contributed by atoms with Crippen LogP contribution in [0, 0.1) is 6.92 Å². The molecule has 2 N–H and O–H groups in total. The summed E-state index contributed by atoms with van der Waals surface area (Å²) < 4.78 is 18.7. The minimum absolute atomic E-state index is 0.0198. The molecule has 196 valence electrons. The quantitative estimate of drug-likeness (QED) is 0.313. The fourth-order valence-corrected chi connectivity index (χ4v) is 4.28. The van der Waals surface area contributed by atoms with E-state index in [1.54, 1.807) is 21.1 Å². The van der Waals surface area contributed by atoms with Gasteiger partial charge in [-0.25, -0.2) is 4.79 Å². The van der Waals surface area contributed by atoms with Crippen LogP contribution < -0.4 is 20.7 Å². The smallest absolute Gasteiger partial charge is 0.332 e. The highest BCUT2D eigenvalue weighted by atomic mass is 16.5. The van der Waals surface area contributed by atoms with E-state index in [1.165, 1.54) is 17.0 Å². The van der Waals surface area contributed by atoms with Gasteiger partial charge in [0.1, 0.15) is 17.1 Å². The molecule has 38 heavy (non-hydrogen) atoms. The number of aliphatic hydroxyl groups excluding tert-OH is 1. The first-order chi connectivity index (χ1) is 18.4. The van der Waals surface area contributed by atoms with Gasteiger partial charge in [0.05, 0.1) is 27.4 Å². The van der Waals surface area contributed by atoms with Crippen molar-refractivity contribution >= 4 is 6.20 Å². The average molecular weight is 515 g/mol. The molecule has 4 aromatic rings. The molecule has 8 heteroatoms. The zero-order chi connectivity index (χ0) is 27.1. The lowest BCUT2D eigenvalue weighted by molar-refractivity contribution is 0.0246. The Morgan fingerprint density at radius 3 is 1.89 bits per heavy atom. The van der Waals surface area contributed by atoms with Crippen LogP contribution in [0.25, 0.3) is 6.20 Å². The Bertz CT molecular complexity index is 1460. The number of H-pyrrole nitrogens is 1. The molecule has 0 aliphatic rings. The van der Waals surface area contributed by atoms with E-state index in [9.17, 15) is 14.7 Å². The fraction of sp³-hybridized carbons (Fsp3) is 0.200. The van der Waals surface area contributed by atoms with Gasteiger partial charge >= 0.3 is 5.69 Å². The summed E-state index contributed by atoms with van der Waals surface area (Å²) in [5.41, 5.74) is 1.20. The summed E-state index contributed by atoms with van der Waals surface area (Å²) in [5, 5.41) is 10.2. The van der Waals surface area contributed by atoms with Gasteiger partial charge in [-0.15, -0.1) is 0 Å². The fourth-order valence-electron chi connectivity index (χ4n) is 4.28. The SMILES string of the molecule is COc1ccc(C(OC/C(=C\n2cc(C)c(=O)[nH]c2=O)CO)(c2ccccc2)c2ccc(OC)cc2)cc1. The molecule has 0 atom stereocenters. The molecule has 0 bridgehead atoms. The van der Waals surface area contributed by atoms with Crippen molar-refractivity contribution in [1.82, 2.24) is 9.55 Å². The Morgan fingerprint density at radius 2 is 1.39 bits per heavy atom. The highest BCUT2D eigenvalue weighted by Gasteiger charge is 2.38. The lowest BCUT2D eigenvalue weighted by Crippen LogP contribution is -2.34. The normalized spacial score (nSPS) is 11.8. The molecule has 0 fully saturated rings. The van der Waals surface area contributed by atoms with Crippen molar-refractivity contribution in [2.24, 2.45) is 0 Å². The molecule has 4 rings (SSSR count). The van der Waals surface area contributed by atoms with E-state index in [0.29, 0.717) is 22.6 Å². The maximum atomic E-state index is 12.3. The Morgan fingerprint density at radius 1 is 0.868 bits per heavy atom. The number of aryl methyl sites for hydroxylation is 1. The summed E-state index contributed by atoms with van der Waals surface area (Å²) in [6.45, 7) is 1.22. The zero-order valence-corrected chi connectivity index (χ0v) is 21.5. The number of hydrogen-bond acceptors (Lipinski definition) is 6. The van der Waals surface area contributed by atoms with E-state index < -0.39 is 16.9 Å². The molecule has 0 amide bonds. The van der Waals surface area contributed by atoms with Crippen molar-refractivity contribution in [2.45, 2.75) is 12.5 Å². The standard InChI is InChI=1S/C30H30N2O6/c1-21-17-32(29(35)31-28(21)34)18-22(19-33)20-38-30(23-7-5-4-6-8-23,24-9-13-26(36-2)14-10-24)25-11-15-27(37-3)16-12-25/h4-18,33H,19-20H2,1-3H3,(H,31,34,35)/b22-18-. The maximum absolute atomic E-state index is 12.3. The number of aromatic nitrogens is 2. The van der Waals surface area contributed by atoms with Crippen LogP contribution in [0.2, 0.25) is 0 Å². The predicted molar refractivity (Wildman–Crippen MR) is 146 cm³/mol. The minimum atomic E-state index is -1.08. The summed E-state index contributed by atoms with van der Waals surface area (Å²) in [6.07, 6.45) is 2.90. The van der Waals surface area contributed by atoms with E-state index >= 15 is 0 Å². The summed E-state index contributed by atoms with van der Waals surface area (Å²) in [5.74, 6) is 1.41. The van der Waals surface area contributed by atoms with Gasteiger partial charge in [0.25, 0.3) is 5.56 Å². The zero-order valence-electron chi connectivity index (χ0n) is 21.5. The van der Waals surface area contributed by atoms with Gasteiger partial charge in [0, 0.05) is 18.0 Å². The second kappa shape index (κ2) is 11.8. The molecule has 0 radical (unpaired) electrons. The van der Waals surface area contributed by atoms with E-state index in [4.69, 9.17) is 14.2 Å². The van der Waals surface area contributed by atoms with Crippen molar-refractivity contribution in [3.63, 3.8) is 0 Å². The van der Waals surface area contributed by atoms with Gasteiger partial charge in [-0.1, -0.05) is 54.6 Å². The molecule has 1 heterocycles. The van der Waals surface area contributed by atoms with Gasteiger partial charge in [0.2, 0.25) is 0 Å². The van der Waals surface area contributed by atoms with Crippen LogP contribution in [0.3, 0.4) is 0 Å². The molecule has 8 nitrogen and oxygen atoms in total. The van der Waals surface area contributed by atoms with E-state index in [-0.39, 0.29) is 13.2 Å². The van der Waals surface area contributed by atoms with Crippen LogP contribution in [0.1, 0.15) is 22.3 Å². The Hall–Kier alpha value is -4.40. The average Bonchev–Trinajstić information content (AvgIpc) is 2.96. The lowest BCUT2D eigenvalue weighted by atomic mass is 9.80. The number of aliphatic hydroxyl groups is 1. The summed E-state index contributed by atoms with van der Waals surface area (Å²) in [7, 11) is 3.22. The van der Waals surface area contributed by atoms with E-state index in [0.717, 1.165) is 16.7 Å². The van der Waals surface area contributed by atoms with Crippen molar-refractivity contribution in [3.05, 3.63) is 134 Å². The maximum Gasteiger partial charge on any atom is 0.332 e. The number of rotatable bonds is 10. The Balaban J connectivity index is 1.86. The van der Waals surface area contributed by atoms with Gasteiger partial charge in [-0.2, -0.15) is 0 Å². The number of aromatic amines is 1. The monoisotopic (exact) mass is 514 g/mol. The van der Waals surface area contributed by atoms with Crippen LogP contribution in [-0.4, -0.2) is 42.1 Å². The number of ether oxygens (including phenoxy) is 3. The Kier molecular flexibility index (Phi) is 8.25. The molecule has 0 saturated heterocycles. The van der Waals surface area contributed by atoms with Crippen LogP contribution in [0.4, 0.5) is 0 Å². The molecule has 0 aliphatic carbocycles. The second-order valence-corrected chi connectivity index (χ2v) is 8.72. The van der Waals surface area contributed by atoms with Gasteiger partial charge in [-0.05, 0) is 53.5 Å². The lowest BCUT2D eigenvalue weighted by Gasteiger charge is -2.36. The third kappa shape index (κ3) is 5.46. The number of benzene rings is 3. The van der Waals surface area contributed by atoms with Crippen LogP contribution >= 0.6 is 0 Å². The second-order valence-electron chi connectivity index (χ2n) is 8.72. The minimum Gasteiger partial charge on any atom is -0.497 e. The first kappa shape index (κ1) is 26.7. The number of nitrogens with zero attached hydrogens (tertiary/aromatic N) is 1. The topological polar surface area (TPSA) is 103 Å². The van der Waals surface area contributed by atoms with Crippen LogP contribution in [-0.2, 0) is 10.3 Å². The van der Waals surface area contributed by atoms with Crippen LogP contribution in [0.15, 0.2) is 100 Å². The summed E-state index contributed by atoms with van der Waals surface area (Å²) in [4.78, 5) is 26.4. The van der Waals surface area contributed by atoms with Crippen molar-refractivity contribution < 1.29 is 19.3 Å². The van der Waals surface area contributed by atoms with Crippen molar-refractivity contribution in [1.29, 1.82) is 0 Å². The number of nitrogens with one attached hydrogen (secondary N) is 1. The molecule has 3 aromatic carbocycles. The largest absolute Gasteiger partial charge is 0.497 e. The van der Waals surface area contributed by atoms with Gasteiger partial charge in [-0.3, -0.25) is 14.3 Å². The van der Waals surface area contributed by atoms with Crippen LogP contribution in [0.5, 0.6) is 11.5 Å². The number of hydrogen-bond donors (Lipinski definition) is 2. The summed E-state index contributed by atoms with van der Waals surface area (Å²) >= 11 is 0. The predicted octanol–water partition coefficient (Wildman–Crippen LogP) is 3.70. The van der Waals surface area contributed by atoms with Gasteiger partial charge < -0.3 is 19.3 Å². The van der Waals surface area contributed by atoms with E-state index in [1.807, 2.05) is 78.9 Å². The third-order valence-corrected chi connectivity index (χ3v) is 6.32. The molecular weight excluding hydrogens is 484 g/mol. The van der Waals surface area contributed by atoms with Crippen molar-refractivity contribution in [2.75, 3.05) is 27.4 Å². The van der Waals surface area contributed by atoms with Gasteiger partial charge in [0.15, 0.2) is 0 Å². The number of methoxy groups -OCH3 is 2. The first-order valence-electron chi connectivity index (χ1n) is 12.0. The first-order valence-corrected chi connectivity index (χ1v) is 12.0. The van der Waals surface area contributed by atoms with Crippen molar-refractivity contribution in [3.8, 4) is 11.5 Å². The molecule has 0 saturated carbocycles. The Labute approximate surface area is 220 Å². The third-order valence-electron chi connectivity index (χ3n) is 6.32. The molecule has 1 aromatic heterocycles. The summed E-state index contributed by atoms with van der Waals surface area (Å²) in [6, 6.07) is 25.0. The van der Waals surface area contributed by atoms with E-state index in [2.05, 4.69) is 4.98 Å². The molecular formula is C30H30N2O6. The molecule has 0 spiro atoms. The highest BCUT2D eigenvalue weighted by Crippen LogP contribution is 2.42.